The number of nitrogens with one attached hydrogen (secondary N) is 2. The maximum absolute atomic E-state index is 12.2. The Labute approximate surface area is 114 Å². The number of carbonyl (C=O) groups excluding carboxylic acids is 1. The molecule has 4 heteroatoms. The molecule has 19 heavy (non-hydrogen) atoms. The fourth-order valence-electron chi connectivity index (χ4n) is 3.03. The zero-order valence-electron chi connectivity index (χ0n) is 11.6. The Bertz CT molecular complexity index is 492. The van der Waals surface area contributed by atoms with Gasteiger partial charge in [0.05, 0.1) is 5.69 Å². The van der Waals surface area contributed by atoms with Crippen molar-refractivity contribution in [2.75, 3.05) is 5.01 Å². The van der Waals surface area contributed by atoms with Crippen LogP contribution in [0.4, 0.5) is 10.5 Å². The van der Waals surface area contributed by atoms with Gasteiger partial charge >= 0.3 is 6.03 Å². The number of hydrogen-bond acceptors (Lipinski definition) is 2. The van der Waals surface area contributed by atoms with E-state index in [1.54, 1.807) is 5.01 Å². The molecule has 2 aliphatic rings. The minimum Gasteiger partial charge on any atom is -0.317 e. The molecule has 1 aromatic rings. The number of carbonyl (C=O) groups is 1. The van der Waals surface area contributed by atoms with Gasteiger partial charge in [0.15, 0.2) is 0 Å². The standard InChI is InChI=1S/C15H21N3O/c1-11-7-9-15(10-8-11)16-14(19)18(17-15)13-6-4-3-5-12(13)2/h3-6,11,17H,7-10H2,1-2H3,(H,16,19). The van der Waals surface area contributed by atoms with Crippen LogP contribution in [0.15, 0.2) is 24.3 Å². The summed E-state index contributed by atoms with van der Waals surface area (Å²) in [6.45, 7) is 4.31. The van der Waals surface area contributed by atoms with E-state index in [1.807, 2.05) is 31.2 Å². The number of urea groups is 1. The van der Waals surface area contributed by atoms with Crippen molar-refractivity contribution in [2.45, 2.75) is 45.2 Å². The first-order chi connectivity index (χ1) is 9.10. The van der Waals surface area contributed by atoms with E-state index < -0.39 is 0 Å². The second-order valence-corrected chi connectivity index (χ2v) is 5.93. The van der Waals surface area contributed by atoms with Crippen LogP contribution in [0.2, 0.25) is 0 Å². The quantitative estimate of drug-likeness (QED) is 0.814. The van der Waals surface area contributed by atoms with Crippen LogP contribution >= 0.6 is 0 Å². The number of hydrazine groups is 1. The topological polar surface area (TPSA) is 44.4 Å². The third-order valence-corrected chi connectivity index (χ3v) is 4.36. The lowest BCUT2D eigenvalue weighted by atomic mass is 9.83. The average Bonchev–Trinajstić information content (AvgIpc) is 2.71. The molecule has 2 N–H and O–H groups in total. The second kappa shape index (κ2) is 4.53. The molecule has 1 spiro atoms. The van der Waals surface area contributed by atoms with E-state index in [0.29, 0.717) is 0 Å². The van der Waals surface area contributed by atoms with Crippen LogP contribution in [0.5, 0.6) is 0 Å². The largest absolute Gasteiger partial charge is 0.338 e. The summed E-state index contributed by atoms with van der Waals surface area (Å²) >= 11 is 0. The summed E-state index contributed by atoms with van der Waals surface area (Å²) in [4.78, 5) is 12.2. The Morgan fingerprint density at radius 1 is 1.26 bits per heavy atom. The van der Waals surface area contributed by atoms with E-state index in [2.05, 4.69) is 17.7 Å². The van der Waals surface area contributed by atoms with Gasteiger partial charge in [-0.3, -0.25) is 0 Å². The summed E-state index contributed by atoms with van der Waals surface area (Å²) in [5.41, 5.74) is 5.22. The molecule has 2 fully saturated rings. The van der Waals surface area contributed by atoms with Gasteiger partial charge < -0.3 is 5.32 Å². The van der Waals surface area contributed by atoms with Gasteiger partial charge in [-0.1, -0.05) is 25.1 Å². The number of rotatable bonds is 1. The highest BCUT2D eigenvalue weighted by Crippen LogP contribution is 2.34. The number of amides is 2. The van der Waals surface area contributed by atoms with E-state index in [-0.39, 0.29) is 11.7 Å². The maximum Gasteiger partial charge on any atom is 0.338 e. The lowest BCUT2D eigenvalue weighted by Gasteiger charge is -2.35. The van der Waals surface area contributed by atoms with Gasteiger partial charge in [0, 0.05) is 0 Å². The van der Waals surface area contributed by atoms with Gasteiger partial charge in [-0.05, 0) is 50.2 Å². The zero-order valence-corrected chi connectivity index (χ0v) is 11.6. The number of benzene rings is 1. The van der Waals surface area contributed by atoms with Crippen LogP contribution < -0.4 is 15.8 Å². The molecule has 1 aliphatic carbocycles. The number of hydrogen-bond donors (Lipinski definition) is 2. The van der Waals surface area contributed by atoms with E-state index >= 15 is 0 Å². The Hall–Kier alpha value is -1.55. The van der Waals surface area contributed by atoms with Crippen molar-refractivity contribution in [3.8, 4) is 0 Å². The van der Waals surface area contributed by atoms with Gasteiger partial charge in [-0.25, -0.2) is 15.2 Å². The predicted octanol–water partition coefficient (Wildman–Crippen LogP) is 2.94. The van der Waals surface area contributed by atoms with Crippen molar-refractivity contribution in [3.05, 3.63) is 29.8 Å². The Morgan fingerprint density at radius 2 is 1.95 bits per heavy atom. The summed E-state index contributed by atoms with van der Waals surface area (Å²) in [5, 5.41) is 4.81. The fraction of sp³-hybridized carbons (Fsp3) is 0.533. The highest BCUT2D eigenvalue weighted by Gasteiger charge is 2.44. The molecule has 102 valence electrons. The van der Waals surface area contributed by atoms with E-state index in [0.717, 1.165) is 42.9 Å². The SMILES string of the molecule is Cc1ccccc1N1NC2(CCC(C)CC2)NC1=O. The first-order valence-corrected chi connectivity index (χ1v) is 7.05. The summed E-state index contributed by atoms with van der Waals surface area (Å²) in [5.74, 6) is 0.761. The molecule has 0 atom stereocenters. The lowest BCUT2D eigenvalue weighted by Crippen LogP contribution is -2.53. The molecule has 0 aromatic heterocycles. The summed E-state index contributed by atoms with van der Waals surface area (Å²) in [7, 11) is 0. The molecular weight excluding hydrogens is 238 g/mol. The molecule has 3 rings (SSSR count). The van der Waals surface area contributed by atoms with Gasteiger partial charge in [0.2, 0.25) is 0 Å². The Morgan fingerprint density at radius 3 is 2.63 bits per heavy atom. The molecule has 0 bridgehead atoms. The molecule has 1 aliphatic heterocycles. The second-order valence-electron chi connectivity index (χ2n) is 5.93. The summed E-state index contributed by atoms with van der Waals surface area (Å²) < 4.78 is 0. The number of para-hydroxylation sites is 1. The fourth-order valence-corrected chi connectivity index (χ4v) is 3.03. The van der Waals surface area contributed by atoms with Crippen LogP contribution in [-0.4, -0.2) is 11.7 Å². The van der Waals surface area contributed by atoms with Crippen LogP contribution in [0.3, 0.4) is 0 Å². The van der Waals surface area contributed by atoms with Crippen molar-refractivity contribution < 1.29 is 4.79 Å². The van der Waals surface area contributed by atoms with E-state index in [9.17, 15) is 4.79 Å². The number of nitrogens with zero attached hydrogens (tertiary/aromatic N) is 1. The molecule has 4 nitrogen and oxygen atoms in total. The molecular formula is C15H21N3O. The minimum absolute atomic E-state index is 0.0381. The van der Waals surface area contributed by atoms with Crippen molar-refractivity contribution >= 4 is 11.7 Å². The third kappa shape index (κ3) is 2.21. The van der Waals surface area contributed by atoms with E-state index in [4.69, 9.17) is 0 Å². The summed E-state index contributed by atoms with van der Waals surface area (Å²) in [6, 6.07) is 7.92. The van der Waals surface area contributed by atoms with E-state index in [1.165, 1.54) is 0 Å². The first-order valence-electron chi connectivity index (χ1n) is 7.05. The van der Waals surface area contributed by atoms with Crippen molar-refractivity contribution in [2.24, 2.45) is 5.92 Å². The van der Waals surface area contributed by atoms with Crippen molar-refractivity contribution in [3.63, 3.8) is 0 Å². The van der Waals surface area contributed by atoms with Crippen LogP contribution in [-0.2, 0) is 0 Å². The Kier molecular flexibility index (Phi) is 2.97. The Balaban J connectivity index is 1.83. The highest BCUT2D eigenvalue weighted by atomic mass is 16.2. The zero-order chi connectivity index (χ0) is 13.5. The molecule has 1 saturated heterocycles. The van der Waals surface area contributed by atoms with Gasteiger partial charge in [0.25, 0.3) is 0 Å². The average molecular weight is 259 g/mol. The monoisotopic (exact) mass is 259 g/mol. The molecule has 1 heterocycles. The van der Waals surface area contributed by atoms with Crippen LogP contribution in [0.25, 0.3) is 0 Å². The third-order valence-electron chi connectivity index (χ3n) is 4.36. The first kappa shape index (κ1) is 12.5. The molecule has 1 aromatic carbocycles. The molecule has 0 unspecified atom stereocenters. The van der Waals surface area contributed by atoms with Crippen molar-refractivity contribution in [1.82, 2.24) is 10.7 Å². The highest BCUT2D eigenvalue weighted by molar-refractivity contribution is 5.94. The van der Waals surface area contributed by atoms with Crippen molar-refractivity contribution in [1.29, 1.82) is 0 Å². The smallest absolute Gasteiger partial charge is 0.317 e. The number of aryl methyl sites for hydroxylation is 1. The van der Waals surface area contributed by atoms with Gasteiger partial charge in [-0.2, -0.15) is 0 Å². The normalized spacial score (nSPS) is 30.7. The van der Waals surface area contributed by atoms with Crippen LogP contribution in [0.1, 0.15) is 38.2 Å². The minimum atomic E-state index is -0.230. The number of anilines is 1. The maximum atomic E-state index is 12.2. The molecule has 1 saturated carbocycles. The predicted molar refractivity (Wildman–Crippen MR) is 75.7 cm³/mol. The molecule has 0 radical (unpaired) electrons. The molecule has 2 amide bonds. The van der Waals surface area contributed by atoms with Gasteiger partial charge in [0.1, 0.15) is 5.66 Å². The van der Waals surface area contributed by atoms with Crippen LogP contribution in [0, 0.1) is 12.8 Å². The lowest BCUT2D eigenvalue weighted by molar-refractivity contribution is 0.193. The summed E-state index contributed by atoms with van der Waals surface area (Å²) in [6.07, 6.45) is 4.33. The van der Waals surface area contributed by atoms with Gasteiger partial charge in [-0.15, -0.1) is 0 Å².